The molecule has 1 atom stereocenters. The van der Waals surface area contributed by atoms with E-state index < -0.39 is 5.82 Å². The lowest BCUT2D eigenvalue weighted by atomic mass is 10.0. The molecule has 0 spiro atoms. The minimum absolute atomic E-state index is 0.0241. The molecule has 1 unspecified atom stereocenters. The highest BCUT2D eigenvalue weighted by atomic mass is 19.1. The quantitative estimate of drug-likeness (QED) is 0.868. The van der Waals surface area contributed by atoms with Crippen molar-refractivity contribution in [2.24, 2.45) is 0 Å². The number of rotatable bonds is 3. The molecule has 0 aliphatic heterocycles. The molecule has 20 heavy (non-hydrogen) atoms. The van der Waals surface area contributed by atoms with E-state index in [1.54, 1.807) is 6.07 Å². The van der Waals surface area contributed by atoms with Gasteiger partial charge in [0.15, 0.2) is 0 Å². The van der Waals surface area contributed by atoms with E-state index in [9.17, 15) is 4.39 Å². The van der Waals surface area contributed by atoms with Crippen LogP contribution in [0.5, 0.6) is 0 Å². The number of nitrogens with two attached hydrogens (primary N) is 1. The van der Waals surface area contributed by atoms with Crippen LogP contribution in [-0.2, 0) is 0 Å². The van der Waals surface area contributed by atoms with Gasteiger partial charge in [0.05, 0.1) is 17.3 Å². The van der Waals surface area contributed by atoms with Gasteiger partial charge in [0.1, 0.15) is 11.9 Å². The summed E-state index contributed by atoms with van der Waals surface area (Å²) in [5.74, 6) is -0.407. The van der Waals surface area contributed by atoms with Crippen LogP contribution < -0.4 is 10.6 Å². The fourth-order valence-corrected chi connectivity index (χ4v) is 2.16. The highest BCUT2D eigenvalue weighted by molar-refractivity contribution is 5.60. The second-order valence-electron chi connectivity index (χ2n) is 4.73. The van der Waals surface area contributed by atoms with Crippen molar-refractivity contribution in [2.75, 3.05) is 17.7 Å². The fraction of sp³-hybridized carbons (Fsp3) is 0.188. The van der Waals surface area contributed by atoms with Crippen LogP contribution in [0.25, 0.3) is 0 Å². The zero-order valence-corrected chi connectivity index (χ0v) is 11.5. The summed E-state index contributed by atoms with van der Waals surface area (Å²) >= 11 is 0. The summed E-state index contributed by atoms with van der Waals surface area (Å²) in [5.41, 5.74) is 8.55. The predicted octanol–water partition coefficient (Wildman–Crippen LogP) is 3.48. The van der Waals surface area contributed by atoms with Gasteiger partial charge in [-0.1, -0.05) is 12.1 Å². The number of halogens is 1. The molecule has 0 bridgehead atoms. The molecule has 2 N–H and O–H groups in total. The molecule has 0 heterocycles. The standard InChI is InChI=1S/C16H16FN3/c1-11(12-4-3-5-15(19)9-12)20(2)16-7-6-14(17)8-13(16)10-18/h3-9,11H,19H2,1-2H3. The first-order valence-corrected chi connectivity index (χ1v) is 6.31. The molecule has 0 saturated heterocycles. The van der Waals surface area contributed by atoms with Crippen molar-refractivity contribution in [1.29, 1.82) is 5.26 Å². The van der Waals surface area contributed by atoms with Crippen molar-refractivity contribution in [3.05, 3.63) is 59.4 Å². The van der Waals surface area contributed by atoms with Gasteiger partial charge in [0.25, 0.3) is 0 Å². The maximum Gasteiger partial charge on any atom is 0.124 e. The number of nitriles is 1. The Morgan fingerprint density at radius 2 is 2.00 bits per heavy atom. The van der Waals surface area contributed by atoms with Gasteiger partial charge in [0.2, 0.25) is 0 Å². The second kappa shape index (κ2) is 5.62. The number of nitrogen functional groups attached to an aromatic ring is 1. The van der Waals surface area contributed by atoms with Crippen LogP contribution in [-0.4, -0.2) is 7.05 Å². The Morgan fingerprint density at radius 3 is 2.65 bits per heavy atom. The molecule has 0 fully saturated rings. The zero-order chi connectivity index (χ0) is 14.7. The summed E-state index contributed by atoms with van der Waals surface area (Å²) in [5, 5.41) is 9.12. The van der Waals surface area contributed by atoms with E-state index in [0.29, 0.717) is 16.9 Å². The Labute approximate surface area is 118 Å². The lowest BCUT2D eigenvalue weighted by molar-refractivity contribution is 0.626. The van der Waals surface area contributed by atoms with Gasteiger partial charge in [-0.25, -0.2) is 4.39 Å². The van der Waals surface area contributed by atoms with Gasteiger partial charge in [-0.05, 0) is 42.8 Å². The molecular formula is C16H16FN3. The smallest absolute Gasteiger partial charge is 0.124 e. The van der Waals surface area contributed by atoms with Crippen molar-refractivity contribution in [3.63, 3.8) is 0 Å². The van der Waals surface area contributed by atoms with E-state index in [4.69, 9.17) is 11.0 Å². The minimum Gasteiger partial charge on any atom is -0.399 e. The van der Waals surface area contributed by atoms with Gasteiger partial charge in [0, 0.05) is 12.7 Å². The van der Waals surface area contributed by atoms with Gasteiger partial charge in [-0.2, -0.15) is 5.26 Å². The number of hydrogen-bond donors (Lipinski definition) is 1. The molecule has 2 aromatic rings. The number of nitrogens with zero attached hydrogens (tertiary/aromatic N) is 2. The summed E-state index contributed by atoms with van der Waals surface area (Å²) in [6.07, 6.45) is 0. The molecule has 0 radical (unpaired) electrons. The van der Waals surface area contributed by atoms with Crippen LogP contribution in [0.3, 0.4) is 0 Å². The molecule has 0 aliphatic rings. The van der Waals surface area contributed by atoms with Gasteiger partial charge in [-0.3, -0.25) is 0 Å². The van der Waals surface area contributed by atoms with E-state index in [2.05, 4.69) is 0 Å². The maximum atomic E-state index is 13.2. The molecule has 0 aliphatic carbocycles. The molecule has 102 valence electrons. The van der Waals surface area contributed by atoms with E-state index in [1.165, 1.54) is 12.1 Å². The number of anilines is 2. The average molecular weight is 269 g/mol. The summed E-state index contributed by atoms with van der Waals surface area (Å²) in [6, 6.07) is 13.9. The fourth-order valence-electron chi connectivity index (χ4n) is 2.16. The molecular weight excluding hydrogens is 253 g/mol. The average Bonchev–Trinajstić information content (AvgIpc) is 2.45. The normalized spacial score (nSPS) is 11.7. The van der Waals surface area contributed by atoms with Crippen molar-refractivity contribution in [2.45, 2.75) is 13.0 Å². The first-order chi connectivity index (χ1) is 9.52. The molecule has 3 nitrogen and oxygen atoms in total. The Hall–Kier alpha value is -2.54. The monoisotopic (exact) mass is 269 g/mol. The summed E-state index contributed by atoms with van der Waals surface area (Å²) in [7, 11) is 1.88. The van der Waals surface area contributed by atoms with Crippen LogP contribution >= 0.6 is 0 Å². The first kappa shape index (κ1) is 13.9. The van der Waals surface area contributed by atoms with Gasteiger partial charge < -0.3 is 10.6 Å². The summed E-state index contributed by atoms with van der Waals surface area (Å²) in [6.45, 7) is 2.01. The third kappa shape index (κ3) is 2.72. The van der Waals surface area contributed by atoms with Crippen molar-refractivity contribution < 1.29 is 4.39 Å². The molecule has 0 amide bonds. The van der Waals surface area contributed by atoms with Crippen LogP contribution in [0.1, 0.15) is 24.1 Å². The van der Waals surface area contributed by atoms with Crippen LogP contribution in [0, 0.1) is 17.1 Å². The van der Waals surface area contributed by atoms with E-state index in [-0.39, 0.29) is 6.04 Å². The third-order valence-electron chi connectivity index (χ3n) is 3.43. The SMILES string of the molecule is CC(c1cccc(N)c1)N(C)c1ccc(F)cc1C#N. The lowest BCUT2D eigenvalue weighted by Gasteiger charge is -2.28. The van der Waals surface area contributed by atoms with E-state index in [0.717, 1.165) is 5.56 Å². The zero-order valence-electron chi connectivity index (χ0n) is 11.5. The van der Waals surface area contributed by atoms with Gasteiger partial charge in [-0.15, -0.1) is 0 Å². The summed E-state index contributed by atoms with van der Waals surface area (Å²) in [4.78, 5) is 1.94. The maximum absolute atomic E-state index is 13.2. The predicted molar refractivity (Wildman–Crippen MR) is 78.8 cm³/mol. The molecule has 0 saturated carbocycles. The Kier molecular flexibility index (Phi) is 3.90. The van der Waals surface area contributed by atoms with E-state index >= 15 is 0 Å². The topological polar surface area (TPSA) is 53.0 Å². The molecule has 0 aromatic heterocycles. The van der Waals surface area contributed by atoms with E-state index in [1.807, 2.05) is 49.2 Å². The Balaban J connectivity index is 2.36. The highest BCUT2D eigenvalue weighted by Gasteiger charge is 2.16. The summed E-state index contributed by atoms with van der Waals surface area (Å²) < 4.78 is 13.2. The van der Waals surface area contributed by atoms with Crippen molar-refractivity contribution >= 4 is 11.4 Å². The van der Waals surface area contributed by atoms with Gasteiger partial charge >= 0.3 is 0 Å². The molecule has 4 heteroatoms. The Morgan fingerprint density at radius 1 is 1.25 bits per heavy atom. The van der Waals surface area contributed by atoms with Crippen LogP contribution in [0.4, 0.5) is 15.8 Å². The van der Waals surface area contributed by atoms with Crippen molar-refractivity contribution in [3.8, 4) is 6.07 Å². The minimum atomic E-state index is -0.407. The second-order valence-corrected chi connectivity index (χ2v) is 4.73. The number of benzene rings is 2. The lowest BCUT2D eigenvalue weighted by Crippen LogP contribution is -2.22. The van der Waals surface area contributed by atoms with Crippen LogP contribution in [0.2, 0.25) is 0 Å². The molecule has 2 aromatic carbocycles. The third-order valence-corrected chi connectivity index (χ3v) is 3.43. The van der Waals surface area contributed by atoms with Crippen LogP contribution in [0.15, 0.2) is 42.5 Å². The Bertz CT molecular complexity index is 661. The molecule has 2 rings (SSSR count). The largest absolute Gasteiger partial charge is 0.399 e. The first-order valence-electron chi connectivity index (χ1n) is 6.31. The van der Waals surface area contributed by atoms with Crippen molar-refractivity contribution in [1.82, 2.24) is 0 Å². The number of hydrogen-bond acceptors (Lipinski definition) is 3. The highest BCUT2D eigenvalue weighted by Crippen LogP contribution is 2.29.